The lowest BCUT2D eigenvalue weighted by Gasteiger charge is -2.14. The largest absolute Gasteiger partial charge is 0.361 e. The predicted molar refractivity (Wildman–Crippen MR) is 116 cm³/mol. The van der Waals surface area contributed by atoms with Gasteiger partial charge in [-0.3, -0.25) is 0 Å². The summed E-state index contributed by atoms with van der Waals surface area (Å²) >= 11 is 0. The van der Waals surface area contributed by atoms with Gasteiger partial charge in [-0.15, -0.1) is 0 Å². The van der Waals surface area contributed by atoms with Crippen molar-refractivity contribution in [2.45, 2.75) is 78.6 Å². The van der Waals surface area contributed by atoms with Gasteiger partial charge in [0.25, 0.3) is 0 Å². The molecule has 1 nitrogen and oxygen atoms in total. The van der Waals surface area contributed by atoms with Crippen molar-refractivity contribution in [2.75, 3.05) is 0 Å². The van der Waals surface area contributed by atoms with Crippen molar-refractivity contribution < 1.29 is 0 Å². The molecule has 0 aliphatic heterocycles. The molecule has 1 heteroatoms. The van der Waals surface area contributed by atoms with E-state index in [0.29, 0.717) is 5.92 Å². The van der Waals surface area contributed by atoms with Gasteiger partial charge in [-0.1, -0.05) is 58.3 Å². The first-order valence-corrected chi connectivity index (χ1v) is 10.7. The van der Waals surface area contributed by atoms with Gasteiger partial charge in [0.1, 0.15) is 0 Å². The minimum atomic E-state index is 0.658. The van der Waals surface area contributed by atoms with Gasteiger partial charge in [0.15, 0.2) is 0 Å². The zero-order valence-electron chi connectivity index (χ0n) is 16.9. The van der Waals surface area contributed by atoms with E-state index >= 15 is 0 Å². The quantitative estimate of drug-likeness (QED) is 0.495. The van der Waals surface area contributed by atoms with Crippen molar-refractivity contribution in [2.24, 2.45) is 5.92 Å². The van der Waals surface area contributed by atoms with Crippen LogP contribution in [0.25, 0.3) is 22.0 Å². The zero-order valence-corrected chi connectivity index (χ0v) is 16.9. The maximum atomic E-state index is 3.51. The van der Waals surface area contributed by atoms with Crippen molar-refractivity contribution >= 4 is 22.0 Å². The third-order valence-corrected chi connectivity index (χ3v) is 5.71. The van der Waals surface area contributed by atoms with E-state index in [1.54, 1.807) is 5.57 Å². The molecule has 0 saturated carbocycles. The summed E-state index contributed by atoms with van der Waals surface area (Å²) in [4.78, 5) is 3.51. The van der Waals surface area contributed by atoms with Crippen molar-refractivity contribution in [1.82, 2.24) is 4.98 Å². The molecule has 0 saturated heterocycles. The summed E-state index contributed by atoms with van der Waals surface area (Å²) in [5.41, 5.74) is 7.18. The molecule has 1 aliphatic rings. The Bertz CT molecular complexity index is 775. The second-order valence-electron chi connectivity index (χ2n) is 8.00. The van der Waals surface area contributed by atoms with Crippen LogP contribution in [0.5, 0.6) is 0 Å². The standard InChI is InChI=1S/C25H35N/c1-4-6-11-19(3)16-22(10-5-2)24-18-26-25-15-14-21(17-23(24)25)20-12-8-7-9-13-20/h12,14-19,26H,4-11,13H2,1-3H3/b22-16+. The minimum absolute atomic E-state index is 0.658. The number of aromatic amines is 1. The Morgan fingerprint density at radius 1 is 1.19 bits per heavy atom. The Kier molecular flexibility index (Phi) is 6.77. The van der Waals surface area contributed by atoms with Crippen LogP contribution in [-0.4, -0.2) is 4.98 Å². The average molecular weight is 350 g/mol. The lowest BCUT2D eigenvalue weighted by atomic mass is 9.91. The maximum absolute atomic E-state index is 3.51. The van der Waals surface area contributed by atoms with Crippen LogP contribution in [0.3, 0.4) is 0 Å². The van der Waals surface area contributed by atoms with Gasteiger partial charge in [0, 0.05) is 22.7 Å². The molecule has 1 aromatic heterocycles. The van der Waals surface area contributed by atoms with Crippen LogP contribution >= 0.6 is 0 Å². The first-order valence-electron chi connectivity index (χ1n) is 10.7. The molecule has 0 radical (unpaired) electrons. The molecule has 1 aromatic carbocycles. The van der Waals surface area contributed by atoms with Crippen LogP contribution in [0, 0.1) is 5.92 Å². The second kappa shape index (κ2) is 9.26. The number of fused-ring (bicyclic) bond motifs is 1. The minimum Gasteiger partial charge on any atom is -0.361 e. The summed E-state index contributed by atoms with van der Waals surface area (Å²) < 4.78 is 0. The third kappa shape index (κ3) is 4.50. The first-order chi connectivity index (χ1) is 12.7. The highest BCUT2D eigenvalue weighted by Gasteiger charge is 2.13. The Morgan fingerprint density at radius 2 is 2.08 bits per heavy atom. The van der Waals surface area contributed by atoms with Crippen LogP contribution < -0.4 is 0 Å². The van der Waals surface area contributed by atoms with Gasteiger partial charge in [-0.25, -0.2) is 0 Å². The van der Waals surface area contributed by atoms with Crippen LogP contribution in [0.2, 0.25) is 0 Å². The van der Waals surface area contributed by atoms with Crippen LogP contribution in [0.1, 0.15) is 89.7 Å². The molecule has 1 heterocycles. The summed E-state index contributed by atoms with van der Waals surface area (Å²) in [5.74, 6) is 0.658. The summed E-state index contributed by atoms with van der Waals surface area (Å²) in [6.07, 6.45) is 18.6. The SMILES string of the molecule is CCCCC(C)/C=C(\CCC)c1c[nH]c2ccc(C3=CCCCC3)cc12. The predicted octanol–water partition coefficient (Wildman–Crippen LogP) is 8.14. The van der Waals surface area contributed by atoms with Crippen molar-refractivity contribution in [3.05, 3.63) is 47.7 Å². The first kappa shape index (κ1) is 19.0. The van der Waals surface area contributed by atoms with E-state index in [0.717, 1.165) is 6.42 Å². The molecule has 140 valence electrons. The summed E-state index contributed by atoms with van der Waals surface area (Å²) in [7, 11) is 0. The van der Waals surface area contributed by atoms with Gasteiger partial charge in [-0.05, 0) is 73.3 Å². The Hall–Kier alpha value is -1.76. The number of hydrogen-bond donors (Lipinski definition) is 1. The lowest BCUT2D eigenvalue weighted by molar-refractivity contribution is 0.598. The highest BCUT2D eigenvalue weighted by Crippen LogP contribution is 2.34. The molecule has 1 unspecified atom stereocenters. The van der Waals surface area contributed by atoms with Crippen molar-refractivity contribution in [3.8, 4) is 0 Å². The second-order valence-corrected chi connectivity index (χ2v) is 8.00. The fraction of sp³-hybridized carbons (Fsp3) is 0.520. The maximum Gasteiger partial charge on any atom is 0.0460 e. The third-order valence-electron chi connectivity index (χ3n) is 5.71. The molecule has 1 aliphatic carbocycles. The topological polar surface area (TPSA) is 15.8 Å². The van der Waals surface area contributed by atoms with E-state index in [1.807, 2.05) is 0 Å². The molecule has 0 fully saturated rings. The Morgan fingerprint density at radius 3 is 2.81 bits per heavy atom. The normalized spacial score (nSPS) is 16.7. The van der Waals surface area contributed by atoms with Gasteiger partial charge in [0.2, 0.25) is 0 Å². The van der Waals surface area contributed by atoms with E-state index in [-0.39, 0.29) is 0 Å². The molecule has 1 N–H and O–H groups in total. The Labute approximate surface area is 159 Å². The van der Waals surface area contributed by atoms with E-state index in [1.165, 1.54) is 79.0 Å². The number of H-pyrrole nitrogens is 1. The number of nitrogens with one attached hydrogen (secondary N) is 1. The molecule has 2 aromatic rings. The highest BCUT2D eigenvalue weighted by atomic mass is 14.7. The van der Waals surface area contributed by atoms with Gasteiger partial charge >= 0.3 is 0 Å². The zero-order chi connectivity index (χ0) is 18.4. The summed E-state index contributed by atoms with van der Waals surface area (Å²) in [5, 5.41) is 1.40. The molecule has 0 amide bonds. The highest BCUT2D eigenvalue weighted by molar-refractivity contribution is 5.94. The number of unbranched alkanes of at least 4 members (excludes halogenated alkanes) is 1. The van der Waals surface area contributed by atoms with E-state index in [2.05, 4.69) is 62.3 Å². The monoisotopic (exact) mass is 349 g/mol. The van der Waals surface area contributed by atoms with Gasteiger partial charge in [-0.2, -0.15) is 0 Å². The number of allylic oxidation sites excluding steroid dienone is 4. The van der Waals surface area contributed by atoms with Gasteiger partial charge < -0.3 is 4.98 Å². The van der Waals surface area contributed by atoms with Crippen molar-refractivity contribution in [3.63, 3.8) is 0 Å². The van der Waals surface area contributed by atoms with E-state index < -0.39 is 0 Å². The van der Waals surface area contributed by atoms with E-state index in [9.17, 15) is 0 Å². The fourth-order valence-corrected chi connectivity index (χ4v) is 4.22. The van der Waals surface area contributed by atoms with Crippen LogP contribution in [-0.2, 0) is 0 Å². The fourth-order valence-electron chi connectivity index (χ4n) is 4.22. The van der Waals surface area contributed by atoms with E-state index in [4.69, 9.17) is 0 Å². The smallest absolute Gasteiger partial charge is 0.0460 e. The molecule has 3 rings (SSSR count). The van der Waals surface area contributed by atoms with Gasteiger partial charge in [0.05, 0.1) is 0 Å². The number of hydrogen-bond acceptors (Lipinski definition) is 0. The average Bonchev–Trinajstić information content (AvgIpc) is 3.10. The number of rotatable bonds is 8. The molecular weight excluding hydrogens is 314 g/mol. The summed E-state index contributed by atoms with van der Waals surface area (Å²) in [6, 6.07) is 7.00. The lowest BCUT2D eigenvalue weighted by Crippen LogP contribution is -1.94. The number of benzene rings is 1. The molecular formula is C25H35N. The molecule has 26 heavy (non-hydrogen) atoms. The van der Waals surface area contributed by atoms with Crippen molar-refractivity contribution in [1.29, 1.82) is 0 Å². The molecule has 0 spiro atoms. The van der Waals surface area contributed by atoms with Crippen LogP contribution in [0.15, 0.2) is 36.5 Å². The summed E-state index contributed by atoms with van der Waals surface area (Å²) in [6.45, 7) is 6.95. The van der Waals surface area contributed by atoms with Crippen LogP contribution in [0.4, 0.5) is 0 Å². The molecule has 0 bridgehead atoms. The number of aromatic nitrogens is 1. The molecule has 1 atom stereocenters. The Balaban J connectivity index is 1.96.